The van der Waals surface area contributed by atoms with Crippen molar-refractivity contribution in [3.8, 4) is 0 Å². The Bertz CT molecular complexity index is 324. The monoisotopic (exact) mass is 292 g/mol. The van der Waals surface area contributed by atoms with Gasteiger partial charge < -0.3 is 9.47 Å². The van der Waals surface area contributed by atoms with Crippen molar-refractivity contribution < 1.29 is 9.47 Å². The summed E-state index contributed by atoms with van der Waals surface area (Å²) in [5.41, 5.74) is 1.32. The maximum absolute atomic E-state index is 5.82. The molecule has 2 nitrogen and oxygen atoms in total. The molecule has 0 heterocycles. The largest absolute Gasteiger partial charge is 0.356 e. The SMILES string of the molecule is CCCCCCCCCC(OC)OCCc1ccccc1. The normalized spacial score (nSPS) is 12.5. The number of benzene rings is 1. The molecule has 0 fully saturated rings. The summed E-state index contributed by atoms with van der Waals surface area (Å²) in [4.78, 5) is 0. The Morgan fingerprint density at radius 3 is 2.24 bits per heavy atom. The molecule has 0 aliphatic rings. The van der Waals surface area contributed by atoms with Crippen molar-refractivity contribution in [2.45, 2.75) is 71.0 Å². The number of hydrogen-bond acceptors (Lipinski definition) is 2. The molecule has 0 saturated carbocycles. The van der Waals surface area contributed by atoms with Crippen molar-refractivity contribution in [3.05, 3.63) is 35.9 Å². The van der Waals surface area contributed by atoms with E-state index in [9.17, 15) is 0 Å². The maximum Gasteiger partial charge on any atom is 0.157 e. The first-order valence-electron chi connectivity index (χ1n) is 8.55. The van der Waals surface area contributed by atoms with Gasteiger partial charge in [-0.1, -0.05) is 75.8 Å². The summed E-state index contributed by atoms with van der Waals surface area (Å²) >= 11 is 0. The van der Waals surface area contributed by atoms with E-state index < -0.39 is 0 Å². The smallest absolute Gasteiger partial charge is 0.157 e. The predicted molar refractivity (Wildman–Crippen MR) is 89.5 cm³/mol. The lowest BCUT2D eigenvalue weighted by molar-refractivity contribution is -0.127. The highest BCUT2D eigenvalue weighted by Crippen LogP contribution is 2.12. The van der Waals surface area contributed by atoms with Gasteiger partial charge in [-0.05, 0) is 24.8 Å². The molecule has 1 aromatic rings. The van der Waals surface area contributed by atoms with Gasteiger partial charge in [-0.15, -0.1) is 0 Å². The lowest BCUT2D eigenvalue weighted by atomic mass is 10.1. The van der Waals surface area contributed by atoms with Gasteiger partial charge in [0, 0.05) is 7.11 Å². The maximum atomic E-state index is 5.82. The number of hydrogen-bond donors (Lipinski definition) is 0. The summed E-state index contributed by atoms with van der Waals surface area (Å²) in [6.45, 7) is 3.00. The quantitative estimate of drug-likeness (QED) is 0.360. The van der Waals surface area contributed by atoms with E-state index in [1.54, 1.807) is 7.11 Å². The van der Waals surface area contributed by atoms with Crippen LogP contribution in [-0.4, -0.2) is 20.0 Å². The Morgan fingerprint density at radius 1 is 0.905 bits per heavy atom. The van der Waals surface area contributed by atoms with Crippen LogP contribution in [0, 0.1) is 0 Å². The summed E-state index contributed by atoms with van der Waals surface area (Å²) in [6, 6.07) is 10.5. The molecular weight excluding hydrogens is 260 g/mol. The number of ether oxygens (including phenoxy) is 2. The van der Waals surface area contributed by atoms with Crippen molar-refractivity contribution >= 4 is 0 Å². The minimum atomic E-state index is -0.0376. The molecule has 0 aliphatic heterocycles. The predicted octanol–water partition coefficient (Wildman–Crippen LogP) is 5.36. The van der Waals surface area contributed by atoms with E-state index in [4.69, 9.17) is 9.47 Å². The highest BCUT2D eigenvalue weighted by atomic mass is 16.7. The summed E-state index contributed by atoms with van der Waals surface area (Å²) in [5.74, 6) is 0. The van der Waals surface area contributed by atoms with Crippen LogP contribution in [0.3, 0.4) is 0 Å². The van der Waals surface area contributed by atoms with Crippen LogP contribution in [0.2, 0.25) is 0 Å². The van der Waals surface area contributed by atoms with Gasteiger partial charge in [0.15, 0.2) is 6.29 Å². The summed E-state index contributed by atoms with van der Waals surface area (Å²) in [6.07, 6.45) is 11.2. The molecule has 0 spiro atoms. The highest BCUT2D eigenvalue weighted by molar-refractivity contribution is 5.14. The molecule has 21 heavy (non-hydrogen) atoms. The molecule has 2 heteroatoms. The summed E-state index contributed by atoms with van der Waals surface area (Å²) in [5, 5.41) is 0. The topological polar surface area (TPSA) is 18.5 Å². The van der Waals surface area contributed by atoms with Crippen molar-refractivity contribution in [2.75, 3.05) is 13.7 Å². The van der Waals surface area contributed by atoms with E-state index in [1.807, 2.05) is 6.07 Å². The molecule has 0 saturated heterocycles. The highest BCUT2D eigenvalue weighted by Gasteiger charge is 2.07. The second kappa shape index (κ2) is 12.8. The number of methoxy groups -OCH3 is 1. The van der Waals surface area contributed by atoms with Gasteiger partial charge in [-0.2, -0.15) is 0 Å². The molecule has 1 rings (SSSR count). The first-order valence-corrected chi connectivity index (χ1v) is 8.55. The fourth-order valence-corrected chi connectivity index (χ4v) is 2.49. The Hall–Kier alpha value is -0.860. The van der Waals surface area contributed by atoms with Gasteiger partial charge in [0.2, 0.25) is 0 Å². The second-order valence-electron chi connectivity index (χ2n) is 5.68. The molecule has 1 unspecified atom stereocenters. The number of rotatable bonds is 13. The van der Waals surface area contributed by atoms with E-state index in [2.05, 4.69) is 31.2 Å². The van der Waals surface area contributed by atoms with Gasteiger partial charge in [0.1, 0.15) is 0 Å². The third-order valence-electron chi connectivity index (χ3n) is 3.84. The van der Waals surface area contributed by atoms with Crippen LogP contribution in [0.25, 0.3) is 0 Å². The van der Waals surface area contributed by atoms with E-state index in [-0.39, 0.29) is 6.29 Å². The fraction of sp³-hybridized carbons (Fsp3) is 0.684. The molecule has 120 valence electrons. The molecule has 0 aliphatic carbocycles. The Kier molecular flexibility index (Phi) is 11.1. The van der Waals surface area contributed by atoms with Crippen LogP contribution in [0.4, 0.5) is 0 Å². The lowest BCUT2D eigenvalue weighted by Gasteiger charge is -2.16. The molecule has 0 bridgehead atoms. The minimum absolute atomic E-state index is 0.0376. The number of unbranched alkanes of at least 4 members (excludes halogenated alkanes) is 6. The van der Waals surface area contributed by atoms with Crippen LogP contribution < -0.4 is 0 Å². The van der Waals surface area contributed by atoms with Gasteiger partial charge in [-0.25, -0.2) is 0 Å². The molecule has 1 aromatic carbocycles. The Balaban J connectivity index is 2.01. The lowest BCUT2D eigenvalue weighted by Crippen LogP contribution is -2.17. The van der Waals surface area contributed by atoms with E-state index in [1.165, 1.54) is 50.5 Å². The zero-order chi connectivity index (χ0) is 15.2. The second-order valence-corrected chi connectivity index (χ2v) is 5.68. The average molecular weight is 292 g/mol. The van der Waals surface area contributed by atoms with E-state index in [0.29, 0.717) is 0 Å². The van der Waals surface area contributed by atoms with Gasteiger partial charge in [-0.3, -0.25) is 0 Å². The average Bonchev–Trinajstić information content (AvgIpc) is 2.53. The minimum Gasteiger partial charge on any atom is -0.356 e. The van der Waals surface area contributed by atoms with Crippen LogP contribution in [-0.2, 0) is 15.9 Å². The first kappa shape index (κ1) is 18.2. The zero-order valence-electron chi connectivity index (χ0n) is 13.9. The van der Waals surface area contributed by atoms with Crippen molar-refractivity contribution in [1.29, 1.82) is 0 Å². The third-order valence-corrected chi connectivity index (χ3v) is 3.84. The third kappa shape index (κ3) is 9.65. The Morgan fingerprint density at radius 2 is 1.57 bits per heavy atom. The van der Waals surface area contributed by atoms with Gasteiger partial charge in [0.05, 0.1) is 6.61 Å². The van der Waals surface area contributed by atoms with Gasteiger partial charge >= 0.3 is 0 Å². The molecular formula is C19H32O2. The van der Waals surface area contributed by atoms with Crippen LogP contribution in [0.1, 0.15) is 63.9 Å². The van der Waals surface area contributed by atoms with Crippen LogP contribution in [0.15, 0.2) is 30.3 Å². The molecule has 1 atom stereocenters. The van der Waals surface area contributed by atoms with E-state index in [0.717, 1.165) is 19.4 Å². The van der Waals surface area contributed by atoms with Gasteiger partial charge in [0.25, 0.3) is 0 Å². The molecule has 0 radical (unpaired) electrons. The van der Waals surface area contributed by atoms with E-state index >= 15 is 0 Å². The summed E-state index contributed by atoms with van der Waals surface area (Å²) < 4.78 is 11.2. The van der Waals surface area contributed by atoms with Crippen LogP contribution >= 0.6 is 0 Å². The Labute approximate surface area is 130 Å². The van der Waals surface area contributed by atoms with Crippen molar-refractivity contribution in [1.82, 2.24) is 0 Å². The molecule has 0 aromatic heterocycles. The van der Waals surface area contributed by atoms with Crippen molar-refractivity contribution in [2.24, 2.45) is 0 Å². The first-order chi connectivity index (χ1) is 10.4. The zero-order valence-corrected chi connectivity index (χ0v) is 13.9. The fourth-order valence-electron chi connectivity index (χ4n) is 2.49. The standard InChI is InChI=1S/C19H32O2/c1-3-4-5-6-7-8-12-15-19(20-2)21-17-16-18-13-10-9-11-14-18/h9-11,13-14,19H,3-8,12,15-17H2,1-2H3. The molecule has 0 amide bonds. The van der Waals surface area contributed by atoms with Crippen LogP contribution in [0.5, 0.6) is 0 Å². The van der Waals surface area contributed by atoms with Crippen molar-refractivity contribution in [3.63, 3.8) is 0 Å². The molecule has 0 N–H and O–H groups in total. The summed E-state index contributed by atoms with van der Waals surface area (Å²) in [7, 11) is 1.74.